The first-order valence-corrected chi connectivity index (χ1v) is 11.5. The Morgan fingerprint density at radius 3 is 2.69 bits per heavy atom. The zero-order valence-corrected chi connectivity index (χ0v) is 18.1. The van der Waals surface area contributed by atoms with E-state index >= 15 is 0 Å². The molecule has 1 saturated carbocycles. The number of aliphatic hydroxyl groups is 1. The van der Waals surface area contributed by atoms with Gasteiger partial charge in [0, 0.05) is 35.2 Å². The van der Waals surface area contributed by atoms with E-state index in [9.17, 15) is 9.90 Å². The van der Waals surface area contributed by atoms with Gasteiger partial charge in [0.25, 0.3) is 0 Å². The SMILES string of the molecule is CC(O)CN1C=C(NC(=O)CC2(C3CCCCCC3)COC2)C2=C(Cl)C=CCC21. The van der Waals surface area contributed by atoms with Crippen LogP contribution in [0.25, 0.3) is 0 Å². The second-order valence-electron chi connectivity index (χ2n) is 9.27. The van der Waals surface area contributed by atoms with Gasteiger partial charge in [-0.15, -0.1) is 0 Å². The summed E-state index contributed by atoms with van der Waals surface area (Å²) in [7, 11) is 0. The van der Waals surface area contributed by atoms with Gasteiger partial charge in [0.1, 0.15) is 0 Å². The highest BCUT2D eigenvalue weighted by atomic mass is 35.5. The van der Waals surface area contributed by atoms with E-state index in [1.807, 2.05) is 12.3 Å². The van der Waals surface area contributed by atoms with Crippen molar-refractivity contribution < 1.29 is 14.6 Å². The molecule has 2 atom stereocenters. The smallest absolute Gasteiger partial charge is 0.225 e. The van der Waals surface area contributed by atoms with E-state index in [0.29, 0.717) is 37.1 Å². The van der Waals surface area contributed by atoms with Crippen LogP contribution in [0.4, 0.5) is 0 Å². The molecule has 4 aliphatic rings. The third-order valence-corrected chi connectivity index (χ3v) is 7.29. The molecule has 2 heterocycles. The zero-order chi connectivity index (χ0) is 20.4. The highest BCUT2D eigenvalue weighted by Gasteiger charge is 2.47. The maximum atomic E-state index is 13.1. The number of halogens is 1. The summed E-state index contributed by atoms with van der Waals surface area (Å²) in [6.07, 6.45) is 14.4. The third-order valence-electron chi connectivity index (χ3n) is 6.96. The molecule has 5 nitrogen and oxygen atoms in total. The average Bonchev–Trinajstić information content (AvgIpc) is 2.82. The van der Waals surface area contributed by atoms with Crippen molar-refractivity contribution in [2.45, 2.75) is 70.4 Å². The fourth-order valence-electron chi connectivity index (χ4n) is 5.44. The van der Waals surface area contributed by atoms with Crippen molar-refractivity contribution in [3.05, 3.63) is 34.7 Å². The van der Waals surface area contributed by atoms with Gasteiger partial charge in [0.2, 0.25) is 5.91 Å². The molecule has 2 aliphatic carbocycles. The molecule has 2 N–H and O–H groups in total. The van der Waals surface area contributed by atoms with Gasteiger partial charge in [-0.1, -0.05) is 43.4 Å². The van der Waals surface area contributed by atoms with Crippen molar-refractivity contribution >= 4 is 17.5 Å². The highest BCUT2D eigenvalue weighted by Crippen LogP contribution is 2.46. The Morgan fingerprint density at radius 1 is 1.34 bits per heavy atom. The summed E-state index contributed by atoms with van der Waals surface area (Å²) in [5, 5.41) is 13.7. The normalized spacial score (nSPS) is 27.8. The maximum Gasteiger partial charge on any atom is 0.225 e. The molecule has 1 saturated heterocycles. The van der Waals surface area contributed by atoms with E-state index in [4.69, 9.17) is 16.3 Å². The molecule has 2 unspecified atom stereocenters. The Kier molecular flexibility index (Phi) is 6.38. The van der Waals surface area contributed by atoms with Crippen LogP contribution in [0.5, 0.6) is 0 Å². The minimum Gasteiger partial charge on any atom is -0.392 e. The molecule has 6 heteroatoms. The Hall–Kier alpha value is -1.30. The first kappa shape index (κ1) is 21.0. The second kappa shape index (κ2) is 8.83. The Morgan fingerprint density at radius 2 is 2.07 bits per heavy atom. The number of β-amino-alcohol motifs (C(OH)–C–C–N with tert-alkyl or cyclic N) is 1. The van der Waals surface area contributed by atoms with Crippen molar-refractivity contribution in [3.8, 4) is 0 Å². The van der Waals surface area contributed by atoms with Crippen LogP contribution in [0.15, 0.2) is 34.7 Å². The van der Waals surface area contributed by atoms with Crippen LogP contribution in [-0.2, 0) is 9.53 Å². The van der Waals surface area contributed by atoms with Gasteiger partial charge in [0.05, 0.1) is 31.1 Å². The highest BCUT2D eigenvalue weighted by molar-refractivity contribution is 6.32. The Labute approximate surface area is 178 Å². The number of ether oxygens (including phenoxy) is 1. The van der Waals surface area contributed by atoms with Crippen LogP contribution in [0.2, 0.25) is 0 Å². The molecule has 0 spiro atoms. The predicted octanol–water partition coefficient (Wildman–Crippen LogP) is 3.84. The van der Waals surface area contributed by atoms with Gasteiger partial charge < -0.3 is 20.1 Å². The standard InChI is InChI=1S/C23H33ClN2O3/c1-16(27)12-26-13-19(22-18(24)9-6-10-20(22)26)25-21(28)11-23(14-29-15-23)17-7-4-2-3-5-8-17/h6,9,13,16-17,20,27H,2-5,7-8,10-12,14-15H2,1H3,(H,25,28). The van der Waals surface area contributed by atoms with Gasteiger partial charge in [-0.25, -0.2) is 0 Å². The first-order valence-electron chi connectivity index (χ1n) is 11.1. The number of amides is 1. The summed E-state index contributed by atoms with van der Waals surface area (Å²) in [5.74, 6) is 0.634. The minimum atomic E-state index is -0.446. The monoisotopic (exact) mass is 420 g/mol. The number of hydrogen-bond donors (Lipinski definition) is 2. The molecule has 1 amide bonds. The summed E-state index contributed by atoms with van der Waals surface area (Å²) < 4.78 is 5.60. The number of carbonyl (C=O) groups excluding carboxylic acids is 1. The second-order valence-corrected chi connectivity index (χ2v) is 9.68. The molecule has 160 valence electrons. The number of rotatable bonds is 6. The largest absolute Gasteiger partial charge is 0.392 e. The minimum absolute atomic E-state index is 0.00304. The quantitative estimate of drug-likeness (QED) is 0.641. The molecular weight excluding hydrogens is 388 g/mol. The summed E-state index contributed by atoms with van der Waals surface area (Å²) in [6, 6.07) is 0.0836. The van der Waals surface area contributed by atoms with Crippen molar-refractivity contribution in [1.29, 1.82) is 0 Å². The topological polar surface area (TPSA) is 61.8 Å². The number of carbonyl (C=O) groups is 1. The number of fused-ring (bicyclic) bond motifs is 1. The Bertz CT molecular complexity index is 716. The molecule has 0 bridgehead atoms. The molecule has 0 aromatic rings. The number of nitrogens with zero attached hydrogens (tertiary/aromatic N) is 1. The van der Waals surface area contributed by atoms with Gasteiger partial charge in [0.15, 0.2) is 0 Å². The molecule has 2 fully saturated rings. The fourth-order valence-corrected chi connectivity index (χ4v) is 5.76. The molecule has 0 aromatic carbocycles. The van der Waals surface area contributed by atoms with E-state index < -0.39 is 6.10 Å². The lowest BCUT2D eigenvalue weighted by atomic mass is 9.68. The van der Waals surface area contributed by atoms with Crippen LogP contribution in [0.1, 0.15) is 58.3 Å². The molecular formula is C23H33ClN2O3. The van der Waals surface area contributed by atoms with Gasteiger partial charge >= 0.3 is 0 Å². The van der Waals surface area contributed by atoms with Gasteiger partial charge in [-0.2, -0.15) is 0 Å². The van der Waals surface area contributed by atoms with Crippen LogP contribution in [-0.4, -0.2) is 47.8 Å². The van der Waals surface area contributed by atoms with E-state index in [1.165, 1.54) is 38.5 Å². The van der Waals surface area contributed by atoms with Crippen molar-refractivity contribution in [3.63, 3.8) is 0 Å². The summed E-state index contributed by atoms with van der Waals surface area (Å²) >= 11 is 6.50. The molecule has 0 aromatic heterocycles. The van der Waals surface area contributed by atoms with E-state index in [1.54, 1.807) is 6.92 Å². The first-order chi connectivity index (χ1) is 14.0. The summed E-state index contributed by atoms with van der Waals surface area (Å²) in [5.41, 5.74) is 1.75. The van der Waals surface area contributed by atoms with Gasteiger partial charge in [-0.05, 0) is 38.2 Å². The Balaban J connectivity index is 1.47. The van der Waals surface area contributed by atoms with Crippen LogP contribution in [0, 0.1) is 11.3 Å². The van der Waals surface area contributed by atoms with Crippen molar-refractivity contribution in [2.75, 3.05) is 19.8 Å². The third kappa shape index (κ3) is 4.42. The van der Waals surface area contributed by atoms with Gasteiger partial charge in [-0.3, -0.25) is 4.79 Å². The summed E-state index contributed by atoms with van der Waals surface area (Å²) in [6.45, 7) is 3.70. The predicted molar refractivity (Wildman–Crippen MR) is 114 cm³/mol. The lowest BCUT2D eigenvalue weighted by molar-refractivity contribution is -0.162. The zero-order valence-electron chi connectivity index (χ0n) is 17.3. The molecule has 4 rings (SSSR count). The van der Waals surface area contributed by atoms with Crippen molar-refractivity contribution in [1.82, 2.24) is 10.2 Å². The lowest BCUT2D eigenvalue weighted by Gasteiger charge is -2.47. The van der Waals surface area contributed by atoms with Crippen molar-refractivity contribution in [2.24, 2.45) is 11.3 Å². The van der Waals surface area contributed by atoms with Crippen LogP contribution < -0.4 is 5.32 Å². The number of nitrogens with one attached hydrogen (secondary N) is 1. The average molecular weight is 421 g/mol. The number of aliphatic hydroxyl groups excluding tert-OH is 1. The van der Waals surface area contributed by atoms with Crippen LogP contribution >= 0.6 is 11.6 Å². The van der Waals surface area contributed by atoms with Crippen LogP contribution in [0.3, 0.4) is 0 Å². The van der Waals surface area contributed by atoms with E-state index in [2.05, 4.69) is 16.3 Å². The fraction of sp³-hybridized carbons (Fsp3) is 0.696. The van der Waals surface area contributed by atoms with E-state index in [-0.39, 0.29) is 17.4 Å². The molecule has 0 radical (unpaired) electrons. The maximum absolute atomic E-state index is 13.1. The number of allylic oxidation sites excluding steroid dienone is 2. The molecule has 29 heavy (non-hydrogen) atoms. The van der Waals surface area contributed by atoms with E-state index in [0.717, 1.165) is 17.7 Å². The molecule has 2 aliphatic heterocycles. The lowest BCUT2D eigenvalue weighted by Crippen LogP contribution is -2.51. The number of hydrogen-bond acceptors (Lipinski definition) is 4. The summed E-state index contributed by atoms with van der Waals surface area (Å²) in [4.78, 5) is 15.2.